The fourth-order valence-corrected chi connectivity index (χ4v) is 12.4. The molecule has 7 rings (SSSR count). The minimum atomic E-state index is -2.77. The number of rotatable bonds is 15. The lowest BCUT2D eigenvalue weighted by atomic mass is 10.0. The summed E-state index contributed by atoms with van der Waals surface area (Å²) < 4.78 is 370. The van der Waals surface area contributed by atoms with Crippen LogP contribution in [0.15, 0.2) is 62.3 Å². The number of halogens is 24. The zero-order chi connectivity index (χ0) is 58.0. The Hall–Kier alpha value is -5.04. The molecule has 414 valence electrons. The Labute approximate surface area is 447 Å². The van der Waals surface area contributed by atoms with E-state index in [4.69, 9.17) is 0 Å². The van der Waals surface area contributed by atoms with Crippen LogP contribution in [0.25, 0.3) is 33.4 Å². The summed E-state index contributed by atoms with van der Waals surface area (Å²) in [6.45, 7) is 3.77. The molecule has 0 aliphatic heterocycles. The van der Waals surface area contributed by atoms with Gasteiger partial charge in [-0.05, 0) is 35.5 Å². The van der Waals surface area contributed by atoms with Crippen molar-refractivity contribution in [1.29, 1.82) is 0 Å². The SMILES string of the molecule is CCSc1c(F)c(F)c(-c2c(F)c(F)c(Sc3cc(Sc4c(F)c(F)c(-c5c(F)c(F)c(SCC)c(F)c5F)c(F)c4F)cc(Sc4c(F)c(F)c(-c5c(F)c(F)c(SCC)c(F)c5F)c(F)c4F)c3)c(F)c2F)c(F)c1F. The molecular formula is C48H18F24S6. The van der Waals surface area contributed by atoms with Gasteiger partial charge in [0.15, 0.2) is 140 Å². The van der Waals surface area contributed by atoms with Gasteiger partial charge in [0.2, 0.25) is 0 Å². The van der Waals surface area contributed by atoms with E-state index >= 15 is 79.0 Å². The van der Waals surface area contributed by atoms with Crippen LogP contribution < -0.4 is 0 Å². The summed E-state index contributed by atoms with van der Waals surface area (Å²) in [6.07, 6.45) is 0. The monoisotopic (exact) mass is 1240 g/mol. The molecule has 7 aromatic carbocycles. The smallest absolute Gasteiger partial charge is 0.176 e. The Morgan fingerprint density at radius 2 is 0.333 bits per heavy atom. The first kappa shape index (κ1) is 60.6. The van der Waals surface area contributed by atoms with E-state index in [1.807, 2.05) is 0 Å². The molecule has 0 saturated heterocycles. The van der Waals surface area contributed by atoms with Crippen LogP contribution in [-0.2, 0) is 0 Å². The maximum atomic E-state index is 15.9. The Balaban J connectivity index is 1.42. The first-order valence-electron chi connectivity index (χ1n) is 20.8. The van der Waals surface area contributed by atoms with Gasteiger partial charge in [-0.15, -0.1) is 35.3 Å². The summed E-state index contributed by atoms with van der Waals surface area (Å²) >= 11 is -1.27. The number of benzene rings is 7. The fraction of sp³-hybridized carbons (Fsp3) is 0.125. The Kier molecular flexibility index (Phi) is 18.3. The molecule has 0 bridgehead atoms. The Morgan fingerprint density at radius 3 is 0.462 bits per heavy atom. The average Bonchev–Trinajstić information content (AvgIpc) is 3.44. The topological polar surface area (TPSA) is 0 Å². The van der Waals surface area contributed by atoms with Gasteiger partial charge in [0.05, 0.1) is 62.8 Å². The van der Waals surface area contributed by atoms with Crippen molar-refractivity contribution in [2.24, 2.45) is 0 Å². The number of hydrogen-bond donors (Lipinski definition) is 0. The molecule has 0 amide bonds. The zero-order valence-electron chi connectivity index (χ0n) is 37.9. The van der Waals surface area contributed by atoms with E-state index in [0.717, 1.165) is 0 Å². The molecule has 0 N–H and O–H groups in total. The highest BCUT2D eigenvalue weighted by Crippen LogP contribution is 2.50. The minimum absolute atomic E-state index is 0.159. The molecule has 0 aliphatic carbocycles. The lowest BCUT2D eigenvalue weighted by Gasteiger charge is -2.17. The third kappa shape index (κ3) is 10.3. The van der Waals surface area contributed by atoms with Gasteiger partial charge in [-0.25, -0.2) is 105 Å². The van der Waals surface area contributed by atoms with Gasteiger partial charge in [0, 0.05) is 14.7 Å². The highest BCUT2D eigenvalue weighted by Gasteiger charge is 2.39. The standard InChI is InChI=1S/C48H18F24S6/c1-4-73-43-31(61)19(49)13(20(50)32(43)62)16-25(55)37(67)46(38(68)26(16)56)76-10-7-11(77-47-39(69)27(57)17(28(58)40(47)70)14-21(51)33(63)44(74-5-2)34(64)22(14)52)9-12(8-10)78-48-41(71)29(59)18(30(60)42(48)72)15-23(53)35(65)45(75-6-3)36(66)24(15)54/h7-9H,4-6H2,1-3H3. The van der Waals surface area contributed by atoms with Gasteiger partial charge >= 0.3 is 0 Å². The van der Waals surface area contributed by atoms with Crippen LogP contribution in [0.5, 0.6) is 0 Å². The molecule has 78 heavy (non-hydrogen) atoms. The molecule has 0 radical (unpaired) electrons. The van der Waals surface area contributed by atoms with Gasteiger partial charge in [-0.1, -0.05) is 56.1 Å². The predicted molar refractivity (Wildman–Crippen MR) is 243 cm³/mol. The van der Waals surface area contributed by atoms with Crippen molar-refractivity contribution in [2.45, 2.75) is 64.8 Å². The minimum Gasteiger partial charge on any atom is -0.203 e. The van der Waals surface area contributed by atoms with E-state index < -0.39 is 252 Å². The van der Waals surface area contributed by atoms with E-state index in [9.17, 15) is 26.3 Å². The lowest BCUT2D eigenvalue weighted by molar-refractivity contribution is 0.415. The summed E-state index contributed by atoms with van der Waals surface area (Å²) in [4.78, 5) is -13.0. The second-order valence-corrected chi connectivity index (χ2v) is 22.1. The molecule has 7 aromatic rings. The van der Waals surface area contributed by atoms with Crippen molar-refractivity contribution in [1.82, 2.24) is 0 Å². The van der Waals surface area contributed by atoms with Gasteiger partial charge in [-0.3, -0.25) is 0 Å². The summed E-state index contributed by atoms with van der Waals surface area (Å²) in [7, 11) is 0. The van der Waals surface area contributed by atoms with Gasteiger partial charge < -0.3 is 0 Å². The van der Waals surface area contributed by atoms with Crippen LogP contribution in [0.1, 0.15) is 20.8 Å². The van der Waals surface area contributed by atoms with E-state index in [2.05, 4.69) is 0 Å². The van der Waals surface area contributed by atoms with Gasteiger partial charge in [-0.2, -0.15) is 0 Å². The van der Waals surface area contributed by atoms with Crippen molar-refractivity contribution in [3.8, 4) is 33.4 Å². The number of hydrogen-bond acceptors (Lipinski definition) is 6. The summed E-state index contributed by atoms with van der Waals surface area (Å²) in [5.41, 5.74) is -14.1. The third-order valence-corrected chi connectivity index (χ3v) is 16.4. The Morgan fingerprint density at radius 1 is 0.205 bits per heavy atom. The maximum Gasteiger partial charge on any atom is 0.176 e. The first-order valence-corrected chi connectivity index (χ1v) is 26.2. The van der Waals surface area contributed by atoms with E-state index in [-0.39, 0.29) is 52.5 Å². The molecule has 0 heterocycles. The van der Waals surface area contributed by atoms with Gasteiger partial charge in [0.1, 0.15) is 0 Å². The van der Waals surface area contributed by atoms with Crippen LogP contribution in [0.2, 0.25) is 0 Å². The van der Waals surface area contributed by atoms with Crippen LogP contribution >= 0.6 is 70.6 Å². The van der Waals surface area contributed by atoms with Crippen LogP contribution in [0.3, 0.4) is 0 Å². The summed E-state index contributed by atoms with van der Waals surface area (Å²) in [5, 5.41) is 0. The maximum absolute atomic E-state index is 15.9. The fourth-order valence-electron chi connectivity index (χ4n) is 7.14. The molecule has 0 saturated carbocycles. The largest absolute Gasteiger partial charge is 0.203 e. The molecule has 30 heteroatoms. The zero-order valence-corrected chi connectivity index (χ0v) is 42.8. The predicted octanol–water partition coefficient (Wildman–Crippen LogP) is 19.8. The third-order valence-electron chi connectivity index (χ3n) is 10.5. The molecule has 0 aromatic heterocycles. The molecule has 0 spiro atoms. The second-order valence-electron chi connectivity index (χ2n) is 15.0. The normalized spacial score (nSPS) is 11.7. The van der Waals surface area contributed by atoms with Crippen LogP contribution in [0.4, 0.5) is 105 Å². The van der Waals surface area contributed by atoms with Crippen LogP contribution in [0, 0.1) is 140 Å². The molecule has 0 atom stereocenters. The van der Waals surface area contributed by atoms with E-state index in [1.165, 1.54) is 20.8 Å². The molecule has 0 aliphatic rings. The van der Waals surface area contributed by atoms with Crippen molar-refractivity contribution in [3.63, 3.8) is 0 Å². The Bertz CT molecular complexity index is 3100. The van der Waals surface area contributed by atoms with Crippen molar-refractivity contribution < 1.29 is 105 Å². The van der Waals surface area contributed by atoms with Gasteiger partial charge in [0.25, 0.3) is 0 Å². The number of thioether (sulfide) groups is 3. The molecule has 0 fully saturated rings. The summed E-state index contributed by atoms with van der Waals surface area (Å²) in [5.74, 6) is -62.1. The molecule has 0 nitrogen and oxygen atoms in total. The molecular weight excluding hydrogens is 1220 g/mol. The molecule has 0 unspecified atom stereocenters. The second kappa shape index (κ2) is 23.6. The first-order chi connectivity index (χ1) is 36.6. The highest BCUT2D eigenvalue weighted by atomic mass is 32.2. The lowest BCUT2D eigenvalue weighted by Crippen LogP contribution is -2.09. The average molecular weight is 1240 g/mol. The highest BCUT2D eigenvalue weighted by molar-refractivity contribution is 8.01. The van der Waals surface area contributed by atoms with E-state index in [0.29, 0.717) is 18.2 Å². The van der Waals surface area contributed by atoms with E-state index in [1.54, 1.807) is 0 Å². The quantitative estimate of drug-likeness (QED) is 0.0566. The van der Waals surface area contributed by atoms with Crippen LogP contribution in [-0.4, -0.2) is 17.3 Å². The summed E-state index contributed by atoms with van der Waals surface area (Å²) in [6, 6.07) is 1.21. The van der Waals surface area contributed by atoms with Crippen molar-refractivity contribution >= 4 is 70.6 Å². The van der Waals surface area contributed by atoms with Crippen molar-refractivity contribution in [2.75, 3.05) is 17.3 Å². The van der Waals surface area contributed by atoms with Crippen molar-refractivity contribution in [3.05, 3.63) is 158 Å².